The van der Waals surface area contributed by atoms with Crippen molar-refractivity contribution in [1.82, 2.24) is 0 Å². The Labute approximate surface area is 100 Å². The summed E-state index contributed by atoms with van der Waals surface area (Å²) in [5.74, 6) is 1.06. The van der Waals surface area contributed by atoms with Gasteiger partial charge in [-0.1, -0.05) is 40.0 Å². The molecule has 0 radical (unpaired) electrons. The molecular formula is C14H28O2. The molecule has 3 atom stereocenters. The molecule has 2 heteroatoms. The Morgan fingerprint density at radius 1 is 1.19 bits per heavy atom. The molecule has 0 aromatic carbocycles. The third kappa shape index (κ3) is 2.98. The summed E-state index contributed by atoms with van der Waals surface area (Å²) in [7, 11) is 0. The first-order chi connectivity index (χ1) is 7.57. The van der Waals surface area contributed by atoms with Crippen molar-refractivity contribution in [2.45, 2.75) is 77.4 Å². The summed E-state index contributed by atoms with van der Waals surface area (Å²) >= 11 is 0. The van der Waals surface area contributed by atoms with E-state index >= 15 is 0 Å². The van der Waals surface area contributed by atoms with Crippen molar-refractivity contribution in [3.8, 4) is 0 Å². The monoisotopic (exact) mass is 228 g/mol. The maximum atomic E-state index is 10.4. The van der Waals surface area contributed by atoms with E-state index in [-0.39, 0.29) is 0 Å². The average Bonchev–Trinajstić information content (AvgIpc) is 2.37. The van der Waals surface area contributed by atoms with Crippen molar-refractivity contribution >= 4 is 0 Å². The average molecular weight is 228 g/mol. The van der Waals surface area contributed by atoms with Gasteiger partial charge < -0.3 is 10.2 Å². The lowest BCUT2D eigenvalue weighted by Crippen LogP contribution is -2.46. The maximum absolute atomic E-state index is 10.4. The Balaban J connectivity index is 2.61. The van der Waals surface area contributed by atoms with Crippen LogP contribution in [0.4, 0.5) is 0 Å². The first-order valence-electron chi connectivity index (χ1n) is 6.97. The molecule has 16 heavy (non-hydrogen) atoms. The van der Waals surface area contributed by atoms with E-state index in [1.807, 2.05) is 13.8 Å². The van der Waals surface area contributed by atoms with Gasteiger partial charge in [0.25, 0.3) is 0 Å². The minimum Gasteiger partial charge on any atom is -0.390 e. The van der Waals surface area contributed by atoms with Crippen LogP contribution in [0.3, 0.4) is 0 Å². The zero-order valence-electron chi connectivity index (χ0n) is 11.1. The topological polar surface area (TPSA) is 40.5 Å². The van der Waals surface area contributed by atoms with Crippen LogP contribution >= 0.6 is 0 Å². The number of rotatable bonds is 5. The molecule has 1 fully saturated rings. The van der Waals surface area contributed by atoms with E-state index in [1.54, 1.807) is 0 Å². The zero-order valence-corrected chi connectivity index (χ0v) is 11.1. The molecule has 1 aliphatic rings. The Kier molecular flexibility index (Phi) is 5.26. The summed E-state index contributed by atoms with van der Waals surface area (Å²) in [5.41, 5.74) is -0.861. The second-order valence-corrected chi connectivity index (χ2v) is 5.46. The van der Waals surface area contributed by atoms with Crippen molar-refractivity contribution in [3.63, 3.8) is 0 Å². The summed E-state index contributed by atoms with van der Waals surface area (Å²) in [4.78, 5) is 0. The quantitative estimate of drug-likeness (QED) is 0.759. The van der Waals surface area contributed by atoms with Gasteiger partial charge in [0.15, 0.2) is 0 Å². The molecule has 0 aliphatic heterocycles. The molecule has 96 valence electrons. The van der Waals surface area contributed by atoms with E-state index in [9.17, 15) is 10.2 Å². The second-order valence-electron chi connectivity index (χ2n) is 5.46. The highest BCUT2D eigenvalue weighted by Crippen LogP contribution is 2.37. The highest BCUT2D eigenvalue weighted by Gasteiger charge is 2.39. The molecule has 0 bridgehead atoms. The highest BCUT2D eigenvalue weighted by molar-refractivity contribution is 4.90. The van der Waals surface area contributed by atoms with Gasteiger partial charge >= 0.3 is 0 Å². The fourth-order valence-corrected chi connectivity index (χ4v) is 3.10. The van der Waals surface area contributed by atoms with E-state index in [2.05, 4.69) is 6.92 Å². The molecular weight excluding hydrogens is 200 g/mol. The van der Waals surface area contributed by atoms with Crippen molar-refractivity contribution < 1.29 is 10.2 Å². The number of hydrogen-bond donors (Lipinski definition) is 2. The predicted octanol–water partition coefficient (Wildman–Crippen LogP) is 3.11. The number of aliphatic hydroxyl groups is 2. The Hall–Kier alpha value is -0.0800. The Morgan fingerprint density at radius 2 is 1.81 bits per heavy atom. The van der Waals surface area contributed by atoms with Gasteiger partial charge in [0.05, 0.1) is 11.7 Å². The molecule has 0 aromatic rings. The molecule has 3 unspecified atom stereocenters. The van der Waals surface area contributed by atoms with E-state index in [0.717, 1.165) is 18.8 Å². The van der Waals surface area contributed by atoms with Gasteiger partial charge in [0.1, 0.15) is 0 Å². The molecule has 1 aliphatic carbocycles. The Morgan fingerprint density at radius 3 is 2.31 bits per heavy atom. The molecule has 0 spiro atoms. The van der Waals surface area contributed by atoms with Gasteiger partial charge in [-0.05, 0) is 37.5 Å². The van der Waals surface area contributed by atoms with E-state index in [4.69, 9.17) is 0 Å². The largest absolute Gasteiger partial charge is 0.390 e. The number of aliphatic hydroxyl groups excluding tert-OH is 1. The summed E-state index contributed by atoms with van der Waals surface area (Å²) in [6.45, 7) is 6.16. The minimum atomic E-state index is -0.861. The van der Waals surface area contributed by atoms with Gasteiger partial charge in [-0.25, -0.2) is 0 Å². The maximum Gasteiger partial charge on any atom is 0.0902 e. The van der Waals surface area contributed by atoms with Gasteiger partial charge in [0, 0.05) is 0 Å². The summed E-state index contributed by atoms with van der Waals surface area (Å²) in [6.07, 6.45) is 6.67. The van der Waals surface area contributed by atoms with Crippen LogP contribution in [0.2, 0.25) is 0 Å². The summed E-state index contributed by atoms with van der Waals surface area (Å²) in [5, 5.41) is 20.7. The molecule has 2 nitrogen and oxygen atoms in total. The van der Waals surface area contributed by atoms with Gasteiger partial charge in [-0.15, -0.1) is 0 Å². The highest BCUT2D eigenvalue weighted by atomic mass is 16.3. The zero-order chi connectivity index (χ0) is 12.2. The van der Waals surface area contributed by atoms with Crippen LogP contribution in [0, 0.1) is 11.8 Å². The van der Waals surface area contributed by atoms with E-state index in [0.29, 0.717) is 18.8 Å². The fraction of sp³-hybridized carbons (Fsp3) is 1.00. The molecule has 1 rings (SSSR count). The van der Waals surface area contributed by atoms with Crippen LogP contribution in [0.15, 0.2) is 0 Å². The normalized spacial score (nSPS) is 29.1. The van der Waals surface area contributed by atoms with Crippen LogP contribution in [0.1, 0.15) is 65.7 Å². The van der Waals surface area contributed by atoms with E-state index < -0.39 is 11.7 Å². The van der Waals surface area contributed by atoms with Crippen LogP contribution in [-0.4, -0.2) is 21.9 Å². The molecule has 1 saturated carbocycles. The van der Waals surface area contributed by atoms with Crippen molar-refractivity contribution in [2.24, 2.45) is 11.8 Å². The van der Waals surface area contributed by atoms with Gasteiger partial charge in [-0.2, -0.15) is 0 Å². The lowest BCUT2D eigenvalue weighted by Gasteiger charge is -2.39. The van der Waals surface area contributed by atoms with Crippen molar-refractivity contribution in [2.75, 3.05) is 0 Å². The molecule has 0 amide bonds. The van der Waals surface area contributed by atoms with Crippen molar-refractivity contribution in [1.29, 1.82) is 0 Å². The minimum absolute atomic E-state index is 0.309. The molecule has 0 aromatic heterocycles. The molecule has 0 heterocycles. The third-order valence-corrected chi connectivity index (χ3v) is 4.62. The van der Waals surface area contributed by atoms with Crippen LogP contribution in [-0.2, 0) is 0 Å². The second kappa shape index (κ2) is 6.02. The Bertz CT molecular complexity index is 199. The predicted molar refractivity (Wildman–Crippen MR) is 67.3 cm³/mol. The lowest BCUT2D eigenvalue weighted by molar-refractivity contribution is -0.114. The smallest absolute Gasteiger partial charge is 0.0902 e. The van der Waals surface area contributed by atoms with Gasteiger partial charge in [-0.3, -0.25) is 0 Å². The first-order valence-corrected chi connectivity index (χ1v) is 6.97. The summed E-state index contributed by atoms with van der Waals surface area (Å²) in [6, 6.07) is 0. The first kappa shape index (κ1) is 14.0. The van der Waals surface area contributed by atoms with E-state index in [1.165, 1.54) is 19.3 Å². The standard InChI is InChI=1S/C14H28O2/c1-4-11-8-7-9-12(10-11)13(15)14(16,5-2)6-3/h11-13,15-16H,4-10H2,1-3H3. The summed E-state index contributed by atoms with van der Waals surface area (Å²) < 4.78 is 0. The molecule has 0 saturated heterocycles. The third-order valence-electron chi connectivity index (χ3n) is 4.62. The number of hydrogen-bond acceptors (Lipinski definition) is 2. The van der Waals surface area contributed by atoms with Crippen LogP contribution < -0.4 is 0 Å². The molecule has 2 N–H and O–H groups in total. The van der Waals surface area contributed by atoms with Crippen LogP contribution in [0.5, 0.6) is 0 Å². The SMILES string of the molecule is CCC1CCCC(C(O)C(O)(CC)CC)C1. The van der Waals surface area contributed by atoms with Crippen LogP contribution in [0.25, 0.3) is 0 Å². The fourth-order valence-electron chi connectivity index (χ4n) is 3.10. The van der Waals surface area contributed by atoms with Crippen molar-refractivity contribution in [3.05, 3.63) is 0 Å². The van der Waals surface area contributed by atoms with Gasteiger partial charge in [0.2, 0.25) is 0 Å². The lowest BCUT2D eigenvalue weighted by atomic mass is 9.72.